The van der Waals surface area contributed by atoms with E-state index in [1.54, 1.807) is 0 Å². The van der Waals surface area contributed by atoms with Gasteiger partial charge in [0.15, 0.2) is 0 Å². The van der Waals surface area contributed by atoms with Crippen LogP contribution in [0.4, 0.5) is 5.63 Å². The van der Waals surface area contributed by atoms with Gasteiger partial charge < -0.3 is 0 Å². The molecule has 0 amide bonds. The maximum absolute atomic E-state index is 11.7. The Morgan fingerprint density at radius 1 is 0.857 bits per heavy atom. The zero-order valence-electron chi connectivity index (χ0n) is 2.72. The third-order valence-electron chi connectivity index (χ3n) is 0. The van der Waals surface area contributed by atoms with Crippen LogP contribution in [0.2, 0.25) is 0 Å². The molecule has 0 fully saturated rings. The molecule has 0 aromatic rings. The van der Waals surface area contributed by atoms with Crippen LogP contribution in [-0.4, -0.2) is 12.6 Å². The second-order valence-corrected chi connectivity index (χ2v) is 33.9. The summed E-state index contributed by atoms with van der Waals surface area (Å²) in [5.74, 6) is 0. The predicted octanol–water partition coefficient (Wildman–Crippen LogP) is 3.22. The molecular formula is Cl4F2Sb-. The maximum atomic E-state index is 11.7. The van der Waals surface area contributed by atoms with Crippen molar-refractivity contribution in [1.29, 1.82) is 0 Å². The van der Waals surface area contributed by atoms with Crippen molar-refractivity contribution in [1.82, 2.24) is 0 Å². The molecule has 0 aliphatic rings. The molecule has 0 aromatic carbocycles. The molecule has 0 N–H and O–H groups in total. The van der Waals surface area contributed by atoms with Crippen molar-refractivity contribution in [3.63, 3.8) is 0 Å². The van der Waals surface area contributed by atoms with Crippen molar-refractivity contribution in [2.45, 2.75) is 0 Å². The molecule has 0 bridgehead atoms. The average molecular weight is 302 g/mol. The zero-order valence-corrected chi connectivity index (χ0v) is 8.29. The molecule has 0 saturated heterocycles. The second-order valence-electron chi connectivity index (χ2n) is 0.958. The van der Waals surface area contributed by atoms with E-state index in [1.165, 1.54) is 0 Å². The molecule has 0 aliphatic carbocycles. The van der Waals surface area contributed by atoms with E-state index in [9.17, 15) is 5.63 Å². The van der Waals surface area contributed by atoms with E-state index in [0.29, 0.717) is 0 Å². The summed E-state index contributed by atoms with van der Waals surface area (Å²) in [7, 11) is 16.8. The van der Waals surface area contributed by atoms with Crippen LogP contribution in [0.15, 0.2) is 0 Å². The first-order valence-electron chi connectivity index (χ1n) is 1.01. The molecule has 0 heterocycles. The van der Waals surface area contributed by atoms with E-state index in [0.717, 1.165) is 0 Å². The molecule has 0 nitrogen and oxygen atoms in total. The van der Waals surface area contributed by atoms with Crippen LogP contribution in [-0.2, 0) is 0 Å². The van der Waals surface area contributed by atoms with Gasteiger partial charge in [-0.25, -0.2) is 0 Å². The van der Waals surface area contributed by atoms with Gasteiger partial charge in [-0.15, -0.1) is 0 Å². The first-order valence-corrected chi connectivity index (χ1v) is 15.9. The van der Waals surface area contributed by atoms with Gasteiger partial charge in [0.2, 0.25) is 0 Å². The zero-order chi connectivity index (χ0) is 6.41. The quantitative estimate of drug-likeness (QED) is 0.603. The first-order chi connectivity index (χ1) is 2.45. The fourth-order valence-electron chi connectivity index (χ4n) is 0. The van der Waals surface area contributed by atoms with Crippen molar-refractivity contribution < 1.29 is 5.63 Å². The molecule has 0 atom stereocenters. The minimum absolute atomic E-state index is 4.20. The van der Waals surface area contributed by atoms with Gasteiger partial charge >= 0.3 is 53.5 Å². The molecule has 0 rings (SSSR count). The normalized spacial score (nSPS) is 23.1. The van der Waals surface area contributed by atoms with E-state index in [4.69, 9.17) is 0 Å². The van der Waals surface area contributed by atoms with Crippen LogP contribution in [0.1, 0.15) is 0 Å². The first kappa shape index (κ1) is 8.84. The Hall–Kier alpha value is 1.84. The summed E-state index contributed by atoms with van der Waals surface area (Å²) >= 11 is -7.36. The van der Waals surface area contributed by atoms with Gasteiger partial charge in [0.1, 0.15) is 0 Å². The van der Waals surface area contributed by atoms with Gasteiger partial charge in [0.25, 0.3) is 0 Å². The number of halogens is 6. The molecule has 0 radical (unpaired) electrons. The Balaban J connectivity index is 4.43. The van der Waals surface area contributed by atoms with Gasteiger partial charge in [0.05, 0.1) is 0 Å². The minimum atomic E-state index is -7.36. The van der Waals surface area contributed by atoms with Crippen LogP contribution in [0.5, 0.6) is 0 Å². The topological polar surface area (TPSA) is 0 Å². The number of hydrogen-bond donors (Lipinski definition) is 0. The van der Waals surface area contributed by atoms with Gasteiger partial charge in [0, 0.05) is 0 Å². The van der Waals surface area contributed by atoms with Crippen molar-refractivity contribution in [2.24, 2.45) is 0 Å². The summed E-state index contributed by atoms with van der Waals surface area (Å²) in [6.45, 7) is 0. The Labute approximate surface area is 53.1 Å². The van der Waals surface area contributed by atoms with E-state index >= 15 is 0 Å². The van der Waals surface area contributed by atoms with E-state index in [-0.39, 0.29) is 0 Å². The van der Waals surface area contributed by atoms with Gasteiger partial charge in [-0.1, -0.05) is 0 Å². The molecule has 0 saturated carbocycles. The molecule has 7 heteroatoms. The standard InChI is InChI=1S/4ClH.2FH.Sb/h6*1H;/q;;;;;;+5/p-6. The van der Waals surface area contributed by atoms with E-state index in [2.05, 4.69) is 35.3 Å². The fraction of sp³-hybridized carbons (Fsp3) is 0. The van der Waals surface area contributed by atoms with Crippen molar-refractivity contribution >= 4 is 47.9 Å². The third-order valence-corrected chi connectivity index (χ3v) is 0. The van der Waals surface area contributed by atoms with E-state index in [1.807, 2.05) is 0 Å². The average Bonchev–Trinajstić information content (AvgIpc) is 0.592. The molecule has 0 unspecified atom stereocenters. The van der Waals surface area contributed by atoms with Crippen LogP contribution in [0.25, 0.3) is 0 Å². The van der Waals surface area contributed by atoms with Crippen molar-refractivity contribution in [3.05, 3.63) is 0 Å². The summed E-state index contributed by atoms with van der Waals surface area (Å²) in [6.07, 6.45) is 0. The van der Waals surface area contributed by atoms with Crippen LogP contribution in [0, 0.1) is 0 Å². The SMILES string of the molecule is [F][Sb-]([F])([Cl])([Cl])([Cl])[Cl]. The van der Waals surface area contributed by atoms with E-state index < -0.39 is 12.6 Å². The molecule has 48 valence electrons. The summed E-state index contributed by atoms with van der Waals surface area (Å²) in [5, 5.41) is 0. The molecule has 0 aromatic heterocycles. The second kappa shape index (κ2) is 1.29. The monoisotopic (exact) mass is 299 g/mol. The predicted molar refractivity (Wildman–Crippen MR) is 31.4 cm³/mol. The number of rotatable bonds is 0. The third kappa shape index (κ3) is 79.1. The van der Waals surface area contributed by atoms with Gasteiger partial charge in [-0.2, -0.15) is 0 Å². The van der Waals surface area contributed by atoms with Crippen LogP contribution >= 0.6 is 35.3 Å². The van der Waals surface area contributed by atoms with Gasteiger partial charge in [-0.3, -0.25) is 0 Å². The van der Waals surface area contributed by atoms with Crippen molar-refractivity contribution in [3.8, 4) is 0 Å². The summed E-state index contributed by atoms with van der Waals surface area (Å²) in [4.78, 5) is 0. The Kier molecular flexibility index (Phi) is 1.63. The summed E-state index contributed by atoms with van der Waals surface area (Å²) in [5.41, 5.74) is 0. The molecule has 0 aliphatic heterocycles. The Morgan fingerprint density at radius 2 is 0.857 bits per heavy atom. The summed E-state index contributed by atoms with van der Waals surface area (Å²) < 4.78 is 23.3. The Bertz CT molecular complexity index is 68.3. The Morgan fingerprint density at radius 3 is 0.857 bits per heavy atom. The van der Waals surface area contributed by atoms with Crippen LogP contribution in [0.3, 0.4) is 0 Å². The van der Waals surface area contributed by atoms with Crippen LogP contribution < -0.4 is 0 Å². The molecular weight excluding hydrogens is 302 g/mol. The molecule has 0 spiro atoms. The summed E-state index contributed by atoms with van der Waals surface area (Å²) in [6, 6.07) is 0. The molecule has 7 heavy (non-hydrogen) atoms. The number of hydrogen-bond acceptors (Lipinski definition) is 0. The van der Waals surface area contributed by atoms with Gasteiger partial charge in [-0.05, 0) is 0 Å². The van der Waals surface area contributed by atoms with Crippen molar-refractivity contribution in [2.75, 3.05) is 0 Å². The fourth-order valence-corrected chi connectivity index (χ4v) is 0.